The van der Waals surface area contributed by atoms with E-state index in [4.69, 9.17) is 23.2 Å². The summed E-state index contributed by atoms with van der Waals surface area (Å²) in [5, 5.41) is 7.90. The Morgan fingerprint density at radius 2 is 1.83 bits per heavy atom. The summed E-state index contributed by atoms with van der Waals surface area (Å²) in [4.78, 5) is 36.3. The van der Waals surface area contributed by atoms with Crippen LogP contribution in [-0.4, -0.2) is 49.4 Å². The van der Waals surface area contributed by atoms with Crippen LogP contribution in [0.4, 0.5) is 10.5 Å². The first-order valence-electron chi connectivity index (χ1n) is 6.94. The monoisotopic (exact) mass is 372 g/mol. The van der Waals surface area contributed by atoms with Crippen LogP contribution in [0.15, 0.2) is 30.9 Å². The molecule has 24 heavy (non-hydrogen) atoms. The quantitative estimate of drug-likeness (QED) is 0.637. The second kappa shape index (κ2) is 9.92. The topological polar surface area (TPSA) is 90.5 Å². The summed E-state index contributed by atoms with van der Waals surface area (Å²) in [6.45, 7) is 3.54. The maximum atomic E-state index is 11.9. The molecule has 0 spiro atoms. The van der Waals surface area contributed by atoms with Crippen LogP contribution in [0.3, 0.4) is 0 Å². The lowest BCUT2D eigenvalue weighted by Crippen LogP contribution is -2.45. The number of carbonyl (C=O) groups is 3. The molecule has 0 bridgehead atoms. The normalized spacial score (nSPS) is 10.2. The van der Waals surface area contributed by atoms with Gasteiger partial charge in [0.05, 0.1) is 23.1 Å². The highest BCUT2D eigenvalue weighted by Gasteiger charge is 2.13. The van der Waals surface area contributed by atoms with Gasteiger partial charge in [0, 0.05) is 12.2 Å². The largest absolute Gasteiger partial charge is 0.334 e. The Balaban J connectivity index is 2.40. The Bertz CT molecular complexity index is 637. The van der Waals surface area contributed by atoms with E-state index in [0.29, 0.717) is 15.7 Å². The maximum Gasteiger partial charge on any atom is 0.321 e. The van der Waals surface area contributed by atoms with Gasteiger partial charge in [0.2, 0.25) is 11.8 Å². The van der Waals surface area contributed by atoms with Crippen molar-refractivity contribution in [3.63, 3.8) is 0 Å². The molecule has 1 rings (SSSR count). The van der Waals surface area contributed by atoms with E-state index < -0.39 is 11.9 Å². The molecule has 1 aromatic rings. The third-order valence-corrected chi connectivity index (χ3v) is 3.43. The van der Waals surface area contributed by atoms with Crippen molar-refractivity contribution in [2.75, 3.05) is 32.0 Å². The lowest BCUT2D eigenvalue weighted by atomic mass is 10.3. The summed E-state index contributed by atoms with van der Waals surface area (Å²) in [7, 11) is 1.58. The molecule has 0 aliphatic carbocycles. The number of likely N-dealkylation sites (N-methyl/N-ethyl adjacent to an activating group) is 1. The zero-order chi connectivity index (χ0) is 18.1. The number of hydrogen-bond acceptors (Lipinski definition) is 4. The van der Waals surface area contributed by atoms with Gasteiger partial charge in [-0.3, -0.25) is 19.8 Å². The summed E-state index contributed by atoms with van der Waals surface area (Å²) in [5.74, 6) is -0.860. The van der Waals surface area contributed by atoms with Crippen molar-refractivity contribution in [1.29, 1.82) is 0 Å². The fraction of sp³-hybridized carbons (Fsp3) is 0.267. The molecule has 0 unspecified atom stereocenters. The molecule has 0 fully saturated rings. The number of imide groups is 1. The average molecular weight is 373 g/mol. The molecule has 0 atom stereocenters. The number of carbonyl (C=O) groups excluding carboxylic acids is 3. The SMILES string of the molecule is C=CCNC(=O)NC(=O)CN(C)CC(=O)Nc1ccc(Cl)c(Cl)c1. The van der Waals surface area contributed by atoms with Crippen LogP contribution in [0.2, 0.25) is 10.0 Å². The minimum Gasteiger partial charge on any atom is -0.334 e. The fourth-order valence-electron chi connectivity index (χ4n) is 1.70. The minimum atomic E-state index is -0.617. The third-order valence-electron chi connectivity index (χ3n) is 2.69. The zero-order valence-electron chi connectivity index (χ0n) is 13.1. The van der Waals surface area contributed by atoms with Gasteiger partial charge in [-0.15, -0.1) is 6.58 Å². The lowest BCUT2D eigenvalue weighted by Gasteiger charge is -2.16. The van der Waals surface area contributed by atoms with Gasteiger partial charge in [0.1, 0.15) is 0 Å². The molecular weight excluding hydrogens is 355 g/mol. The van der Waals surface area contributed by atoms with E-state index in [0.717, 1.165) is 0 Å². The van der Waals surface area contributed by atoms with E-state index >= 15 is 0 Å². The number of amides is 4. The van der Waals surface area contributed by atoms with Crippen molar-refractivity contribution in [3.05, 3.63) is 40.9 Å². The zero-order valence-corrected chi connectivity index (χ0v) is 14.6. The number of halogens is 2. The van der Waals surface area contributed by atoms with Crippen LogP contribution in [0.25, 0.3) is 0 Å². The predicted molar refractivity (Wildman–Crippen MR) is 94.3 cm³/mol. The summed E-state index contributed by atoms with van der Waals surface area (Å²) in [6.07, 6.45) is 1.49. The van der Waals surface area contributed by atoms with E-state index in [1.54, 1.807) is 19.2 Å². The molecule has 0 aliphatic rings. The van der Waals surface area contributed by atoms with Gasteiger partial charge < -0.3 is 10.6 Å². The molecule has 0 saturated heterocycles. The van der Waals surface area contributed by atoms with Gasteiger partial charge in [-0.2, -0.15) is 0 Å². The molecule has 0 aliphatic heterocycles. The average Bonchev–Trinajstić information content (AvgIpc) is 2.48. The highest BCUT2D eigenvalue weighted by molar-refractivity contribution is 6.42. The van der Waals surface area contributed by atoms with E-state index in [1.807, 2.05) is 0 Å². The minimum absolute atomic E-state index is 0.0397. The molecule has 130 valence electrons. The van der Waals surface area contributed by atoms with Gasteiger partial charge in [0.25, 0.3) is 0 Å². The number of urea groups is 1. The summed E-state index contributed by atoms with van der Waals surface area (Å²) >= 11 is 11.7. The number of nitrogens with one attached hydrogen (secondary N) is 3. The second-order valence-electron chi connectivity index (χ2n) is 4.90. The second-order valence-corrected chi connectivity index (χ2v) is 5.71. The van der Waals surface area contributed by atoms with Crippen LogP contribution >= 0.6 is 23.2 Å². The molecular formula is C15H18Cl2N4O3. The Hall–Kier alpha value is -2.09. The summed E-state index contributed by atoms with van der Waals surface area (Å²) in [5.41, 5.74) is 0.496. The molecule has 9 heteroatoms. The number of rotatable bonds is 7. The third kappa shape index (κ3) is 7.45. The van der Waals surface area contributed by atoms with Crippen LogP contribution in [0.1, 0.15) is 0 Å². The summed E-state index contributed by atoms with van der Waals surface area (Å²) in [6, 6.07) is 4.09. The van der Waals surface area contributed by atoms with Gasteiger partial charge in [-0.25, -0.2) is 4.79 Å². The van der Waals surface area contributed by atoms with Gasteiger partial charge >= 0.3 is 6.03 Å². The molecule has 1 aromatic carbocycles. The van der Waals surface area contributed by atoms with E-state index in [9.17, 15) is 14.4 Å². The standard InChI is InChI=1S/C15H18Cl2N4O3/c1-3-6-18-15(24)20-14(23)9-21(2)8-13(22)19-10-4-5-11(16)12(17)7-10/h3-5,7H,1,6,8-9H2,2H3,(H,19,22)(H2,18,20,23,24). The van der Waals surface area contributed by atoms with Crippen LogP contribution in [0, 0.1) is 0 Å². The van der Waals surface area contributed by atoms with Gasteiger partial charge in [-0.1, -0.05) is 29.3 Å². The predicted octanol–water partition coefficient (Wildman–Crippen LogP) is 1.88. The smallest absolute Gasteiger partial charge is 0.321 e. The molecule has 0 saturated carbocycles. The highest BCUT2D eigenvalue weighted by atomic mass is 35.5. The van der Waals surface area contributed by atoms with E-state index in [-0.39, 0.29) is 25.5 Å². The lowest BCUT2D eigenvalue weighted by molar-refractivity contribution is -0.122. The van der Waals surface area contributed by atoms with Crippen molar-refractivity contribution in [3.8, 4) is 0 Å². The Labute approximate surface area is 150 Å². The Morgan fingerprint density at radius 1 is 1.17 bits per heavy atom. The number of hydrogen-bond donors (Lipinski definition) is 3. The van der Waals surface area contributed by atoms with Crippen molar-refractivity contribution < 1.29 is 14.4 Å². The first kappa shape index (κ1) is 20.0. The Morgan fingerprint density at radius 3 is 2.46 bits per heavy atom. The van der Waals surface area contributed by atoms with Crippen LogP contribution in [-0.2, 0) is 9.59 Å². The number of benzene rings is 1. The number of anilines is 1. The molecule has 0 radical (unpaired) electrons. The first-order chi connectivity index (χ1) is 11.3. The number of nitrogens with zero attached hydrogens (tertiary/aromatic N) is 1. The van der Waals surface area contributed by atoms with Crippen molar-refractivity contribution >= 4 is 46.7 Å². The maximum absolute atomic E-state index is 11.9. The van der Waals surface area contributed by atoms with Gasteiger partial charge in [-0.05, 0) is 25.2 Å². The first-order valence-corrected chi connectivity index (χ1v) is 7.69. The van der Waals surface area contributed by atoms with Crippen LogP contribution < -0.4 is 16.0 Å². The molecule has 3 N–H and O–H groups in total. The van der Waals surface area contributed by atoms with Crippen molar-refractivity contribution in [2.24, 2.45) is 0 Å². The van der Waals surface area contributed by atoms with E-state index in [1.165, 1.54) is 17.0 Å². The molecule has 0 aromatic heterocycles. The van der Waals surface area contributed by atoms with Crippen LogP contribution in [0.5, 0.6) is 0 Å². The summed E-state index contributed by atoms with van der Waals surface area (Å²) < 4.78 is 0. The molecule has 7 nitrogen and oxygen atoms in total. The van der Waals surface area contributed by atoms with Gasteiger partial charge in [0.15, 0.2) is 0 Å². The van der Waals surface area contributed by atoms with Crippen molar-refractivity contribution in [2.45, 2.75) is 0 Å². The highest BCUT2D eigenvalue weighted by Crippen LogP contribution is 2.24. The Kier molecular flexibility index (Phi) is 8.25. The molecule has 0 heterocycles. The fourth-order valence-corrected chi connectivity index (χ4v) is 1.99. The van der Waals surface area contributed by atoms with E-state index in [2.05, 4.69) is 22.5 Å². The van der Waals surface area contributed by atoms with Crippen molar-refractivity contribution in [1.82, 2.24) is 15.5 Å². The molecule has 4 amide bonds.